The summed E-state index contributed by atoms with van der Waals surface area (Å²) in [6.45, 7) is 2.26. The molecule has 0 heterocycles. The Morgan fingerprint density at radius 1 is 1.31 bits per heavy atom. The first-order valence-electron chi connectivity index (χ1n) is 6.00. The maximum atomic E-state index is 6.26. The normalized spacial score (nSPS) is 55.4. The minimum atomic E-state index is 0.454. The lowest BCUT2D eigenvalue weighted by Gasteiger charge is -2.43. The van der Waals surface area contributed by atoms with Crippen molar-refractivity contribution in [2.75, 3.05) is 0 Å². The van der Waals surface area contributed by atoms with Crippen LogP contribution in [0.5, 0.6) is 0 Å². The molecule has 3 aliphatic carbocycles. The van der Waals surface area contributed by atoms with Crippen molar-refractivity contribution in [3.05, 3.63) is 0 Å². The van der Waals surface area contributed by atoms with Gasteiger partial charge in [-0.15, -0.1) is 0 Å². The molecule has 74 valence electrons. The second kappa shape index (κ2) is 2.50. The highest BCUT2D eigenvalue weighted by Crippen LogP contribution is 2.67. The smallest absolute Gasteiger partial charge is 0.00724 e. The number of rotatable bonds is 1. The van der Waals surface area contributed by atoms with Gasteiger partial charge in [0.2, 0.25) is 0 Å². The fourth-order valence-electron chi connectivity index (χ4n) is 5.07. The quantitative estimate of drug-likeness (QED) is 0.657. The van der Waals surface area contributed by atoms with Gasteiger partial charge in [-0.2, -0.15) is 0 Å². The van der Waals surface area contributed by atoms with Crippen LogP contribution in [0.15, 0.2) is 0 Å². The third kappa shape index (κ3) is 0.823. The number of hydrogen-bond donors (Lipinski definition) is 1. The minimum Gasteiger partial charge on any atom is -0.327 e. The van der Waals surface area contributed by atoms with Crippen LogP contribution in [0.2, 0.25) is 0 Å². The molecule has 0 saturated heterocycles. The van der Waals surface area contributed by atoms with Gasteiger partial charge in [0.15, 0.2) is 0 Å². The Labute approximate surface area is 81.1 Å². The zero-order valence-corrected chi connectivity index (χ0v) is 8.63. The molecule has 2 N–H and O–H groups in total. The lowest BCUT2D eigenvalue weighted by molar-refractivity contribution is 0.0839. The third-order valence-corrected chi connectivity index (χ3v) is 5.47. The highest BCUT2D eigenvalue weighted by Gasteiger charge is 2.60. The van der Waals surface area contributed by atoms with Gasteiger partial charge >= 0.3 is 0 Å². The van der Waals surface area contributed by atoms with Crippen molar-refractivity contribution in [3.63, 3.8) is 0 Å². The van der Waals surface area contributed by atoms with Crippen molar-refractivity contribution in [1.29, 1.82) is 0 Å². The van der Waals surface area contributed by atoms with Gasteiger partial charge in [-0.3, -0.25) is 0 Å². The Bertz CT molecular complexity index is 223. The molecular formula is C12H21N. The van der Waals surface area contributed by atoms with Gasteiger partial charge in [0, 0.05) is 6.04 Å². The number of nitrogens with two attached hydrogens (primary N) is 1. The average Bonchev–Trinajstić information content (AvgIpc) is 2.76. The van der Waals surface area contributed by atoms with Crippen molar-refractivity contribution >= 4 is 0 Å². The molecule has 0 aromatic heterocycles. The van der Waals surface area contributed by atoms with Crippen molar-refractivity contribution in [3.8, 4) is 0 Å². The Morgan fingerprint density at radius 2 is 2.15 bits per heavy atom. The summed E-state index contributed by atoms with van der Waals surface area (Å²) in [4.78, 5) is 0. The van der Waals surface area contributed by atoms with Gasteiger partial charge in [0.05, 0.1) is 0 Å². The average molecular weight is 179 g/mol. The Balaban J connectivity index is 1.99. The highest BCUT2D eigenvalue weighted by molar-refractivity contribution is 5.11. The molecule has 3 aliphatic rings. The van der Waals surface area contributed by atoms with Crippen LogP contribution in [0, 0.1) is 23.2 Å². The van der Waals surface area contributed by atoms with Crippen molar-refractivity contribution < 1.29 is 0 Å². The molecule has 0 amide bonds. The van der Waals surface area contributed by atoms with Gasteiger partial charge in [-0.05, 0) is 62.2 Å². The monoisotopic (exact) mass is 179 g/mol. The Morgan fingerprint density at radius 3 is 2.85 bits per heavy atom. The van der Waals surface area contributed by atoms with Crippen molar-refractivity contribution in [2.45, 2.75) is 51.5 Å². The van der Waals surface area contributed by atoms with Crippen LogP contribution >= 0.6 is 0 Å². The van der Waals surface area contributed by atoms with Crippen LogP contribution in [-0.2, 0) is 0 Å². The van der Waals surface area contributed by atoms with Crippen LogP contribution in [0.1, 0.15) is 45.4 Å². The predicted octanol–water partition coefficient (Wildman–Crippen LogP) is 2.55. The maximum absolute atomic E-state index is 6.26. The summed E-state index contributed by atoms with van der Waals surface area (Å²) in [5.41, 5.74) is 6.86. The molecule has 0 aliphatic heterocycles. The molecule has 5 atom stereocenters. The van der Waals surface area contributed by atoms with Gasteiger partial charge in [0.25, 0.3) is 0 Å². The molecule has 2 bridgehead atoms. The van der Waals surface area contributed by atoms with E-state index in [0.717, 1.165) is 17.8 Å². The Hall–Kier alpha value is -0.0400. The SMILES string of the molecule is C[C@@H](N)[C@@]12CCC[C@H]1[C@@H]1CC[C@@H]2C1. The summed E-state index contributed by atoms with van der Waals surface area (Å²) in [5, 5.41) is 0. The molecule has 0 aromatic rings. The molecule has 1 nitrogen and oxygen atoms in total. The lowest BCUT2D eigenvalue weighted by Crippen LogP contribution is -2.46. The van der Waals surface area contributed by atoms with Gasteiger partial charge in [-0.1, -0.05) is 6.42 Å². The molecule has 13 heavy (non-hydrogen) atoms. The fraction of sp³-hybridized carbons (Fsp3) is 1.00. The van der Waals surface area contributed by atoms with E-state index in [2.05, 4.69) is 6.92 Å². The zero-order valence-electron chi connectivity index (χ0n) is 8.63. The lowest BCUT2D eigenvalue weighted by atomic mass is 9.64. The summed E-state index contributed by atoms with van der Waals surface area (Å²) < 4.78 is 0. The van der Waals surface area contributed by atoms with Gasteiger partial charge < -0.3 is 5.73 Å². The first-order valence-corrected chi connectivity index (χ1v) is 6.00. The van der Waals surface area contributed by atoms with E-state index in [1.165, 1.54) is 38.5 Å². The molecule has 3 rings (SSSR count). The summed E-state index contributed by atoms with van der Waals surface area (Å²) in [6.07, 6.45) is 8.91. The van der Waals surface area contributed by atoms with Crippen molar-refractivity contribution in [2.24, 2.45) is 28.9 Å². The summed E-state index contributed by atoms with van der Waals surface area (Å²) in [6, 6.07) is 0.454. The van der Waals surface area contributed by atoms with E-state index in [1.54, 1.807) is 0 Å². The van der Waals surface area contributed by atoms with Crippen LogP contribution in [0.25, 0.3) is 0 Å². The van der Waals surface area contributed by atoms with E-state index in [1.807, 2.05) is 0 Å². The highest BCUT2D eigenvalue weighted by atomic mass is 14.8. The molecule has 3 saturated carbocycles. The number of hydrogen-bond acceptors (Lipinski definition) is 1. The topological polar surface area (TPSA) is 26.0 Å². The first-order chi connectivity index (χ1) is 6.25. The summed E-state index contributed by atoms with van der Waals surface area (Å²) in [5.74, 6) is 3.09. The van der Waals surface area contributed by atoms with E-state index in [4.69, 9.17) is 5.73 Å². The second-order valence-electron chi connectivity index (χ2n) is 5.67. The zero-order chi connectivity index (χ0) is 9.05. The number of fused-ring (bicyclic) bond motifs is 5. The standard InChI is InChI=1S/C12H21N/c1-8(13)12-6-2-3-11(12)9-4-5-10(12)7-9/h8-11H,2-7,13H2,1H3/t8-,9-,10-,11+,12-/m1/s1. The molecule has 3 fully saturated rings. The molecule has 0 unspecified atom stereocenters. The van der Waals surface area contributed by atoms with Crippen LogP contribution in [0.4, 0.5) is 0 Å². The fourth-order valence-corrected chi connectivity index (χ4v) is 5.07. The van der Waals surface area contributed by atoms with Crippen LogP contribution in [-0.4, -0.2) is 6.04 Å². The van der Waals surface area contributed by atoms with E-state index in [-0.39, 0.29) is 0 Å². The summed E-state index contributed by atoms with van der Waals surface area (Å²) >= 11 is 0. The largest absolute Gasteiger partial charge is 0.327 e. The third-order valence-electron chi connectivity index (χ3n) is 5.47. The van der Waals surface area contributed by atoms with E-state index in [9.17, 15) is 0 Å². The molecule has 0 spiro atoms. The van der Waals surface area contributed by atoms with E-state index >= 15 is 0 Å². The van der Waals surface area contributed by atoms with Gasteiger partial charge in [-0.25, -0.2) is 0 Å². The van der Waals surface area contributed by atoms with E-state index < -0.39 is 0 Å². The second-order valence-corrected chi connectivity index (χ2v) is 5.67. The predicted molar refractivity (Wildman–Crippen MR) is 54.3 cm³/mol. The Kier molecular flexibility index (Phi) is 1.59. The molecular weight excluding hydrogens is 158 g/mol. The molecule has 1 heteroatoms. The summed E-state index contributed by atoms with van der Waals surface area (Å²) in [7, 11) is 0. The maximum Gasteiger partial charge on any atom is 0.00724 e. The molecule has 0 aromatic carbocycles. The van der Waals surface area contributed by atoms with Gasteiger partial charge in [0.1, 0.15) is 0 Å². The van der Waals surface area contributed by atoms with E-state index in [0.29, 0.717) is 11.5 Å². The van der Waals surface area contributed by atoms with Crippen molar-refractivity contribution in [1.82, 2.24) is 0 Å². The first kappa shape index (κ1) is 8.28. The molecule has 0 radical (unpaired) electrons. The van der Waals surface area contributed by atoms with Crippen LogP contribution in [0.3, 0.4) is 0 Å². The van der Waals surface area contributed by atoms with Crippen LogP contribution < -0.4 is 5.73 Å². The minimum absolute atomic E-state index is 0.454.